The van der Waals surface area contributed by atoms with Crippen LogP contribution < -0.4 is 9.47 Å². The summed E-state index contributed by atoms with van der Waals surface area (Å²) < 4.78 is 21.2. The molecule has 2 aromatic carbocycles. The quantitative estimate of drug-likeness (QED) is 0.115. The zero-order chi connectivity index (χ0) is 32.6. The lowest BCUT2D eigenvalue weighted by Gasteiger charge is -2.40. The van der Waals surface area contributed by atoms with E-state index in [0.29, 0.717) is 23.7 Å². The van der Waals surface area contributed by atoms with Crippen LogP contribution in [0.3, 0.4) is 0 Å². The predicted octanol–water partition coefficient (Wildman–Crippen LogP) is 9.02. The first-order chi connectivity index (χ1) is 20.6. The highest BCUT2D eigenvalue weighted by Gasteiger charge is 2.38. The molecule has 0 aromatic heterocycles. The summed E-state index contributed by atoms with van der Waals surface area (Å²) in [5, 5.41) is -1.47. The van der Waals surface area contributed by atoms with Crippen molar-refractivity contribution in [3.8, 4) is 11.5 Å². The summed E-state index contributed by atoms with van der Waals surface area (Å²) in [4.78, 5) is 51.9. The number of halogens is 6. The maximum absolute atomic E-state index is 13.0. The lowest BCUT2D eigenvalue weighted by molar-refractivity contribution is -0.156. The highest BCUT2D eigenvalue weighted by Crippen LogP contribution is 2.44. The van der Waals surface area contributed by atoms with E-state index in [1.165, 1.54) is 0 Å². The van der Waals surface area contributed by atoms with Crippen LogP contribution in [0.1, 0.15) is 61.3 Å². The number of rotatable bonds is 8. The van der Waals surface area contributed by atoms with Gasteiger partial charge in [0.2, 0.25) is 0 Å². The third-order valence-corrected chi connectivity index (χ3v) is 10.8. The van der Waals surface area contributed by atoms with Gasteiger partial charge in [-0.15, -0.1) is 0 Å². The van der Waals surface area contributed by atoms with Crippen molar-refractivity contribution in [2.45, 2.75) is 40.5 Å². The Morgan fingerprint density at radius 2 is 0.955 bits per heavy atom. The van der Waals surface area contributed by atoms with Crippen molar-refractivity contribution >= 4 is 93.5 Å². The minimum Gasteiger partial charge on any atom is -0.462 e. The molecule has 2 fully saturated rings. The Bertz CT molecular complexity index is 1400. The van der Waals surface area contributed by atoms with E-state index < -0.39 is 46.5 Å². The molecule has 0 N–H and O–H groups in total. The molecule has 0 heterocycles. The van der Waals surface area contributed by atoms with Gasteiger partial charge in [-0.25, -0.2) is 19.2 Å². The second-order valence-corrected chi connectivity index (χ2v) is 13.7. The smallest absolute Gasteiger partial charge is 0.423 e. The molecule has 0 saturated heterocycles. The average molecular weight is 729 g/mol. The Labute approximate surface area is 284 Å². The van der Waals surface area contributed by atoms with Crippen LogP contribution >= 0.6 is 69.6 Å². The molecule has 2 saturated carbocycles. The van der Waals surface area contributed by atoms with Crippen LogP contribution in [0, 0.1) is 35.5 Å². The molecule has 2 aromatic rings. The highest BCUT2D eigenvalue weighted by atomic mass is 35.5. The molecule has 8 nitrogen and oxygen atoms in total. The summed E-state index contributed by atoms with van der Waals surface area (Å²) in [7, 11) is 0. The first kappa shape index (κ1) is 34.9. The SMILES string of the molecule is CC1CC(COC(=O)c2c(Cl)c(Cl)cc(Cl)c2OC(=O)C(=O)Oc2c(Cl)cc(Cl)c(Cl)c2C(=O)OCC2CC(C)C2C)C1C. The highest BCUT2D eigenvalue weighted by molar-refractivity contribution is 6.47. The van der Waals surface area contributed by atoms with Gasteiger partial charge in [0.1, 0.15) is 11.1 Å². The van der Waals surface area contributed by atoms with Crippen molar-refractivity contribution in [2.24, 2.45) is 35.5 Å². The number of carbonyl (C=O) groups is 4. The fourth-order valence-electron chi connectivity index (χ4n) is 5.29. The second-order valence-electron chi connectivity index (χ2n) is 11.4. The van der Waals surface area contributed by atoms with Crippen molar-refractivity contribution in [1.29, 1.82) is 0 Å². The monoisotopic (exact) mass is 726 g/mol. The molecule has 14 heteroatoms. The Hall–Kier alpha value is -1.94. The van der Waals surface area contributed by atoms with Crippen LogP contribution in [-0.4, -0.2) is 37.1 Å². The Morgan fingerprint density at radius 1 is 0.614 bits per heavy atom. The number of hydrogen-bond acceptors (Lipinski definition) is 8. The summed E-state index contributed by atoms with van der Waals surface area (Å²) in [6.45, 7) is 8.48. The molecular formula is C30H28Cl6O8. The summed E-state index contributed by atoms with van der Waals surface area (Å²) >= 11 is 37.2. The van der Waals surface area contributed by atoms with Crippen molar-refractivity contribution in [1.82, 2.24) is 0 Å². The maximum atomic E-state index is 13.0. The number of esters is 4. The van der Waals surface area contributed by atoms with E-state index in [9.17, 15) is 19.2 Å². The van der Waals surface area contributed by atoms with E-state index in [2.05, 4.69) is 27.7 Å². The number of hydrogen-bond donors (Lipinski definition) is 0. The fourth-order valence-corrected chi connectivity index (χ4v) is 6.73. The van der Waals surface area contributed by atoms with E-state index in [0.717, 1.165) is 25.0 Å². The van der Waals surface area contributed by atoms with E-state index >= 15 is 0 Å². The molecule has 238 valence electrons. The summed E-state index contributed by atoms with van der Waals surface area (Å²) in [5.74, 6) is -4.41. The molecule has 0 amide bonds. The topological polar surface area (TPSA) is 105 Å². The van der Waals surface area contributed by atoms with E-state index in [1.807, 2.05) is 0 Å². The lowest BCUT2D eigenvalue weighted by Crippen LogP contribution is -2.36. The van der Waals surface area contributed by atoms with E-state index in [4.69, 9.17) is 88.6 Å². The zero-order valence-electron chi connectivity index (χ0n) is 24.0. The van der Waals surface area contributed by atoms with Crippen molar-refractivity contribution in [3.63, 3.8) is 0 Å². The average Bonchev–Trinajstić information content (AvgIpc) is 2.97. The molecular weight excluding hydrogens is 701 g/mol. The van der Waals surface area contributed by atoms with Gasteiger partial charge in [-0.1, -0.05) is 97.3 Å². The molecule has 2 aliphatic rings. The molecule has 0 bridgehead atoms. The minimum atomic E-state index is -1.64. The van der Waals surface area contributed by atoms with Crippen LogP contribution in [0.25, 0.3) is 0 Å². The van der Waals surface area contributed by atoms with Gasteiger partial charge in [-0.05, 0) is 60.5 Å². The molecule has 0 radical (unpaired) electrons. The van der Waals surface area contributed by atoms with Gasteiger partial charge in [0.25, 0.3) is 0 Å². The van der Waals surface area contributed by atoms with Gasteiger partial charge in [-0.2, -0.15) is 0 Å². The van der Waals surface area contributed by atoms with Crippen molar-refractivity contribution in [3.05, 3.63) is 53.4 Å². The van der Waals surface area contributed by atoms with Crippen LogP contribution in [0.4, 0.5) is 0 Å². The van der Waals surface area contributed by atoms with Gasteiger partial charge < -0.3 is 18.9 Å². The summed E-state index contributed by atoms with van der Waals surface area (Å²) in [5.41, 5.74) is -0.913. The second kappa shape index (κ2) is 14.2. The van der Waals surface area contributed by atoms with Crippen LogP contribution in [-0.2, 0) is 19.1 Å². The van der Waals surface area contributed by atoms with Gasteiger partial charge >= 0.3 is 23.9 Å². The molecule has 4 rings (SSSR count). The minimum absolute atomic E-state index is 0.0909. The fraction of sp³-hybridized carbons (Fsp3) is 0.467. The lowest BCUT2D eigenvalue weighted by atomic mass is 9.67. The Morgan fingerprint density at radius 3 is 1.25 bits per heavy atom. The largest absolute Gasteiger partial charge is 0.462 e. The van der Waals surface area contributed by atoms with Crippen molar-refractivity contribution < 1.29 is 38.1 Å². The Kier molecular flexibility index (Phi) is 11.3. The van der Waals surface area contributed by atoms with Crippen LogP contribution in [0.15, 0.2) is 12.1 Å². The van der Waals surface area contributed by atoms with Gasteiger partial charge in [0.15, 0.2) is 11.5 Å². The van der Waals surface area contributed by atoms with E-state index in [1.54, 1.807) is 0 Å². The molecule has 2 aliphatic carbocycles. The van der Waals surface area contributed by atoms with Gasteiger partial charge in [0, 0.05) is 0 Å². The van der Waals surface area contributed by atoms with Crippen molar-refractivity contribution in [2.75, 3.05) is 13.2 Å². The molecule has 6 unspecified atom stereocenters. The van der Waals surface area contributed by atoms with E-state index in [-0.39, 0.29) is 55.2 Å². The van der Waals surface area contributed by atoms with Gasteiger partial charge in [-0.3, -0.25) is 0 Å². The molecule has 6 atom stereocenters. The van der Waals surface area contributed by atoms with Crippen LogP contribution in [0.2, 0.25) is 30.1 Å². The number of carbonyl (C=O) groups excluding carboxylic acids is 4. The third kappa shape index (κ3) is 7.21. The number of ether oxygens (including phenoxy) is 4. The zero-order valence-corrected chi connectivity index (χ0v) is 28.5. The molecule has 44 heavy (non-hydrogen) atoms. The first-order valence-corrected chi connectivity index (χ1v) is 16.0. The normalized spacial score (nSPS) is 24.0. The number of benzene rings is 2. The predicted molar refractivity (Wildman–Crippen MR) is 168 cm³/mol. The Balaban J connectivity index is 1.53. The van der Waals surface area contributed by atoms with Crippen LogP contribution in [0.5, 0.6) is 11.5 Å². The summed E-state index contributed by atoms with van der Waals surface area (Å²) in [6, 6.07) is 2.25. The molecule has 0 spiro atoms. The maximum Gasteiger partial charge on any atom is 0.423 e. The van der Waals surface area contributed by atoms with Gasteiger partial charge in [0.05, 0.1) is 43.3 Å². The summed E-state index contributed by atoms with van der Waals surface area (Å²) in [6.07, 6.45) is 1.75. The molecule has 0 aliphatic heterocycles. The first-order valence-electron chi connectivity index (χ1n) is 13.7. The third-order valence-electron chi connectivity index (χ3n) is 8.71. The standard InChI is InChI=1S/C30H28Cl6O8/c1-11-5-15(13(11)3)9-41-27(37)21-23(35)17(31)7-19(33)25(21)43-29(39)30(40)44-26-20(34)8-18(32)24(36)22(26)28(38)42-10-16-6-12(2)14(16)4/h7-8,11-16H,5-6,9-10H2,1-4H3.